The van der Waals surface area contributed by atoms with Crippen LogP contribution in [0.15, 0.2) is 42.5 Å². The third kappa shape index (κ3) is 3.47. The summed E-state index contributed by atoms with van der Waals surface area (Å²) in [6, 6.07) is 13.8. The van der Waals surface area contributed by atoms with E-state index >= 15 is 0 Å². The van der Waals surface area contributed by atoms with Gasteiger partial charge in [0.15, 0.2) is 11.5 Å². The standard InChI is InChI=1S/C18H22N6O/c1-2-23-10-11-25-15(13-23)12-19-16-8-9-17-20-21-18(24(17)22-16)14-6-4-3-5-7-14/h3-9,15H,2,10-13H2,1H3,(H,19,22)/t15-/m0/s1. The summed E-state index contributed by atoms with van der Waals surface area (Å²) in [7, 11) is 0. The van der Waals surface area contributed by atoms with Gasteiger partial charge in [-0.15, -0.1) is 15.3 Å². The number of hydrogen-bond donors (Lipinski definition) is 1. The number of ether oxygens (including phenoxy) is 1. The van der Waals surface area contributed by atoms with Gasteiger partial charge in [-0.3, -0.25) is 4.90 Å². The number of anilines is 1. The summed E-state index contributed by atoms with van der Waals surface area (Å²) in [6.45, 7) is 6.73. The Morgan fingerprint density at radius 2 is 2.04 bits per heavy atom. The fourth-order valence-corrected chi connectivity index (χ4v) is 3.06. The Morgan fingerprint density at radius 3 is 2.88 bits per heavy atom. The van der Waals surface area contributed by atoms with Crippen molar-refractivity contribution in [2.45, 2.75) is 13.0 Å². The molecule has 0 amide bonds. The SMILES string of the molecule is CCN1CCO[C@@H](CNc2ccc3nnc(-c4ccccc4)n3n2)C1. The van der Waals surface area contributed by atoms with Crippen LogP contribution < -0.4 is 5.32 Å². The molecule has 4 rings (SSSR count). The lowest BCUT2D eigenvalue weighted by Gasteiger charge is -2.32. The first-order valence-electron chi connectivity index (χ1n) is 8.69. The average molecular weight is 338 g/mol. The van der Waals surface area contributed by atoms with E-state index in [1.54, 1.807) is 4.52 Å². The molecule has 0 bridgehead atoms. The molecule has 1 aliphatic rings. The maximum Gasteiger partial charge on any atom is 0.185 e. The molecule has 1 saturated heterocycles. The van der Waals surface area contributed by atoms with Crippen LogP contribution in [0.5, 0.6) is 0 Å². The second kappa shape index (κ2) is 7.16. The maximum atomic E-state index is 5.83. The van der Waals surface area contributed by atoms with Gasteiger partial charge in [-0.2, -0.15) is 4.52 Å². The lowest BCUT2D eigenvalue weighted by Crippen LogP contribution is -2.45. The van der Waals surface area contributed by atoms with E-state index in [-0.39, 0.29) is 6.10 Å². The van der Waals surface area contributed by atoms with Gasteiger partial charge in [0.1, 0.15) is 5.82 Å². The summed E-state index contributed by atoms with van der Waals surface area (Å²) in [5.41, 5.74) is 1.73. The first kappa shape index (κ1) is 16.0. The summed E-state index contributed by atoms with van der Waals surface area (Å²) < 4.78 is 7.61. The summed E-state index contributed by atoms with van der Waals surface area (Å²) >= 11 is 0. The molecule has 7 heteroatoms. The van der Waals surface area contributed by atoms with Crippen LogP contribution >= 0.6 is 0 Å². The first-order valence-corrected chi connectivity index (χ1v) is 8.69. The van der Waals surface area contributed by atoms with E-state index in [4.69, 9.17) is 4.74 Å². The highest BCUT2D eigenvalue weighted by molar-refractivity contribution is 5.59. The van der Waals surface area contributed by atoms with Crippen molar-refractivity contribution in [2.24, 2.45) is 0 Å². The molecule has 0 aliphatic carbocycles. The number of benzene rings is 1. The van der Waals surface area contributed by atoms with Gasteiger partial charge >= 0.3 is 0 Å². The smallest absolute Gasteiger partial charge is 0.185 e. The minimum absolute atomic E-state index is 0.181. The highest BCUT2D eigenvalue weighted by atomic mass is 16.5. The molecule has 1 fully saturated rings. The van der Waals surface area contributed by atoms with E-state index in [0.717, 1.165) is 55.6 Å². The monoisotopic (exact) mass is 338 g/mol. The number of likely N-dealkylation sites (N-methyl/N-ethyl adjacent to an activating group) is 1. The number of morpholine rings is 1. The number of nitrogens with zero attached hydrogens (tertiary/aromatic N) is 5. The zero-order valence-electron chi connectivity index (χ0n) is 14.3. The normalized spacial score (nSPS) is 18.5. The zero-order chi connectivity index (χ0) is 17.1. The minimum atomic E-state index is 0.181. The van der Waals surface area contributed by atoms with Crippen molar-refractivity contribution in [1.29, 1.82) is 0 Å². The molecule has 0 unspecified atom stereocenters. The Kier molecular flexibility index (Phi) is 4.58. The Morgan fingerprint density at radius 1 is 1.16 bits per heavy atom. The number of rotatable bonds is 5. The first-order chi connectivity index (χ1) is 12.3. The molecule has 25 heavy (non-hydrogen) atoms. The Bertz CT molecular complexity index is 834. The molecule has 1 atom stereocenters. The van der Waals surface area contributed by atoms with E-state index in [1.807, 2.05) is 42.5 Å². The van der Waals surface area contributed by atoms with Gasteiger partial charge in [0.25, 0.3) is 0 Å². The van der Waals surface area contributed by atoms with Gasteiger partial charge in [0.05, 0.1) is 12.7 Å². The van der Waals surface area contributed by atoms with E-state index in [1.165, 1.54) is 0 Å². The van der Waals surface area contributed by atoms with Crippen LogP contribution in [0.1, 0.15) is 6.92 Å². The second-order valence-electron chi connectivity index (χ2n) is 6.15. The lowest BCUT2D eigenvalue weighted by molar-refractivity contribution is -0.0192. The molecule has 3 aromatic rings. The Labute approximate surface area is 146 Å². The van der Waals surface area contributed by atoms with Crippen LogP contribution in [0, 0.1) is 0 Å². The van der Waals surface area contributed by atoms with Crippen molar-refractivity contribution in [2.75, 3.05) is 38.1 Å². The molecule has 0 spiro atoms. The van der Waals surface area contributed by atoms with Gasteiger partial charge in [0.2, 0.25) is 0 Å². The van der Waals surface area contributed by atoms with Crippen molar-refractivity contribution in [3.8, 4) is 11.4 Å². The van der Waals surface area contributed by atoms with Crippen molar-refractivity contribution in [3.63, 3.8) is 0 Å². The maximum absolute atomic E-state index is 5.83. The molecule has 2 aromatic heterocycles. The van der Waals surface area contributed by atoms with Gasteiger partial charge in [-0.25, -0.2) is 0 Å². The van der Waals surface area contributed by atoms with Crippen molar-refractivity contribution in [3.05, 3.63) is 42.5 Å². The molecular weight excluding hydrogens is 316 g/mol. The van der Waals surface area contributed by atoms with E-state index in [2.05, 4.69) is 32.4 Å². The van der Waals surface area contributed by atoms with Crippen molar-refractivity contribution >= 4 is 11.5 Å². The quantitative estimate of drug-likeness (QED) is 0.767. The molecule has 1 N–H and O–H groups in total. The van der Waals surface area contributed by atoms with Crippen LogP contribution in [0.2, 0.25) is 0 Å². The fourth-order valence-electron chi connectivity index (χ4n) is 3.06. The summed E-state index contributed by atoms with van der Waals surface area (Å²) in [6.07, 6.45) is 0.181. The average Bonchev–Trinajstić information content (AvgIpc) is 3.10. The van der Waals surface area contributed by atoms with Gasteiger partial charge < -0.3 is 10.1 Å². The number of fused-ring (bicyclic) bond motifs is 1. The van der Waals surface area contributed by atoms with Gasteiger partial charge in [-0.1, -0.05) is 37.3 Å². The molecule has 1 aliphatic heterocycles. The number of nitrogens with one attached hydrogen (secondary N) is 1. The van der Waals surface area contributed by atoms with E-state index < -0.39 is 0 Å². The summed E-state index contributed by atoms with van der Waals surface area (Å²) in [5, 5.41) is 16.5. The third-order valence-corrected chi connectivity index (χ3v) is 4.48. The van der Waals surface area contributed by atoms with Crippen LogP contribution in [0.25, 0.3) is 17.0 Å². The van der Waals surface area contributed by atoms with Crippen LogP contribution in [-0.2, 0) is 4.74 Å². The minimum Gasteiger partial charge on any atom is -0.374 e. The predicted molar refractivity (Wildman–Crippen MR) is 96.6 cm³/mol. The third-order valence-electron chi connectivity index (χ3n) is 4.48. The topological polar surface area (TPSA) is 67.6 Å². The number of aromatic nitrogens is 4. The molecule has 0 saturated carbocycles. The summed E-state index contributed by atoms with van der Waals surface area (Å²) in [5.74, 6) is 1.53. The van der Waals surface area contributed by atoms with Crippen LogP contribution in [0.4, 0.5) is 5.82 Å². The van der Waals surface area contributed by atoms with E-state index in [0.29, 0.717) is 0 Å². The largest absolute Gasteiger partial charge is 0.374 e. The number of hydrogen-bond acceptors (Lipinski definition) is 6. The van der Waals surface area contributed by atoms with Crippen molar-refractivity contribution in [1.82, 2.24) is 24.7 Å². The van der Waals surface area contributed by atoms with Gasteiger partial charge in [-0.05, 0) is 18.7 Å². The molecule has 0 radical (unpaired) electrons. The van der Waals surface area contributed by atoms with Crippen molar-refractivity contribution < 1.29 is 4.74 Å². The highest BCUT2D eigenvalue weighted by Gasteiger charge is 2.19. The van der Waals surface area contributed by atoms with Crippen LogP contribution in [0.3, 0.4) is 0 Å². The van der Waals surface area contributed by atoms with Crippen LogP contribution in [-0.4, -0.2) is 63.6 Å². The summed E-state index contributed by atoms with van der Waals surface area (Å²) in [4.78, 5) is 2.40. The second-order valence-corrected chi connectivity index (χ2v) is 6.15. The lowest BCUT2D eigenvalue weighted by atomic mass is 10.2. The predicted octanol–water partition coefficient (Wildman–Crippen LogP) is 1.92. The molecule has 1 aromatic carbocycles. The molecule has 7 nitrogen and oxygen atoms in total. The van der Waals surface area contributed by atoms with Gasteiger partial charge in [0, 0.05) is 25.2 Å². The fraction of sp³-hybridized carbons (Fsp3) is 0.389. The molecule has 3 heterocycles. The molecular formula is C18H22N6O. The molecule has 130 valence electrons. The Hall–Kier alpha value is -2.51. The highest BCUT2D eigenvalue weighted by Crippen LogP contribution is 2.18. The van der Waals surface area contributed by atoms with E-state index in [9.17, 15) is 0 Å². The Balaban J connectivity index is 1.51. The zero-order valence-corrected chi connectivity index (χ0v) is 14.3.